The summed E-state index contributed by atoms with van der Waals surface area (Å²) >= 11 is 5.72. The molecule has 3 heterocycles. The molecule has 0 radical (unpaired) electrons. The van der Waals surface area contributed by atoms with Gasteiger partial charge in [0.1, 0.15) is 11.5 Å². The van der Waals surface area contributed by atoms with E-state index < -0.39 is 11.7 Å². The van der Waals surface area contributed by atoms with Crippen molar-refractivity contribution in [3.63, 3.8) is 0 Å². The molecule has 1 aromatic heterocycles. The number of hydrazone groups is 1. The molecule has 2 amide bonds. The van der Waals surface area contributed by atoms with E-state index in [-0.39, 0.29) is 22.9 Å². The second-order valence-corrected chi connectivity index (χ2v) is 9.30. The predicted octanol–water partition coefficient (Wildman–Crippen LogP) is 3.84. The third-order valence-electron chi connectivity index (χ3n) is 6.63. The Kier molecular flexibility index (Phi) is 5.74. The normalized spacial score (nSPS) is 24.8. The maximum atomic E-state index is 12.3. The van der Waals surface area contributed by atoms with Crippen molar-refractivity contribution in [3.05, 3.63) is 46.3 Å². The first kappa shape index (κ1) is 21.8. The number of carbonyl (C=O) groups excluding carboxylic acids is 2. The lowest BCUT2D eigenvalue weighted by Crippen LogP contribution is -2.52. The number of hydrogen-bond acceptors (Lipinski definition) is 7. The van der Waals surface area contributed by atoms with Gasteiger partial charge in [0.05, 0.1) is 6.61 Å². The van der Waals surface area contributed by atoms with Crippen LogP contribution >= 0.6 is 11.6 Å². The van der Waals surface area contributed by atoms with Crippen molar-refractivity contribution < 1.29 is 23.6 Å². The van der Waals surface area contributed by atoms with E-state index in [0.717, 1.165) is 48.3 Å². The Morgan fingerprint density at radius 3 is 2.94 bits per heavy atom. The third kappa shape index (κ3) is 4.29. The van der Waals surface area contributed by atoms with Crippen LogP contribution in [0.4, 0.5) is 4.79 Å². The van der Waals surface area contributed by atoms with Gasteiger partial charge in [0.15, 0.2) is 10.8 Å². The molecule has 3 aliphatic rings. The molecule has 1 spiro atoms. The van der Waals surface area contributed by atoms with Crippen molar-refractivity contribution >= 4 is 29.3 Å². The molecule has 0 unspecified atom stereocenters. The molecule has 2 aliphatic heterocycles. The number of benzene rings is 1. The standard InChI is InChI=1S/C23H25ClN4O5/c1-13(25-21(29)17-12-18(24)28-33-17)11-14-5-8-23(9-6-14)20(26-27-22(30)32-23)16-4-2-3-15-7-10-31-19(15)16/h2-4,12-14H,5-11H2,1H3,(H,25,29)(H,27,30)/t13-,14?,23?/m0/s1. The van der Waals surface area contributed by atoms with Crippen LogP contribution in [-0.2, 0) is 11.2 Å². The van der Waals surface area contributed by atoms with E-state index in [1.807, 2.05) is 19.1 Å². The van der Waals surface area contributed by atoms with Gasteiger partial charge in [-0.05, 0) is 56.6 Å². The number of aromatic nitrogens is 1. The highest BCUT2D eigenvalue weighted by Crippen LogP contribution is 2.43. The van der Waals surface area contributed by atoms with Gasteiger partial charge in [-0.2, -0.15) is 5.10 Å². The number of carbonyl (C=O) groups is 2. The molecular weight excluding hydrogens is 448 g/mol. The zero-order valence-corrected chi connectivity index (χ0v) is 19.0. The Labute approximate surface area is 195 Å². The number of hydrogen-bond donors (Lipinski definition) is 2. The summed E-state index contributed by atoms with van der Waals surface area (Å²) < 4.78 is 16.7. The second-order valence-electron chi connectivity index (χ2n) is 8.92. The molecular formula is C23H25ClN4O5. The van der Waals surface area contributed by atoms with Gasteiger partial charge >= 0.3 is 6.09 Å². The van der Waals surface area contributed by atoms with Crippen molar-refractivity contribution in [2.45, 2.75) is 57.1 Å². The van der Waals surface area contributed by atoms with Crippen LogP contribution in [0, 0.1) is 5.92 Å². The third-order valence-corrected chi connectivity index (χ3v) is 6.81. The van der Waals surface area contributed by atoms with Crippen LogP contribution in [0.3, 0.4) is 0 Å². The van der Waals surface area contributed by atoms with Crippen molar-refractivity contribution in [2.75, 3.05) is 6.61 Å². The summed E-state index contributed by atoms with van der Waals surface area (Å²) in [5.74, 6) is 0.960. The minimum atomic E-state index is -0.775. The molecule has 2 N–H and O–H groups in total. The summed E-state index contributed by atoms with van der Waals surface area (Å²) in [6, 6.07) is 7.36. The number of ether oxygens (including phenoxy) is 2. The average molecular weight is 473 g/mol. The van der Waals surface area contributed by atoms with Gasteiger partial charge in [0.25, 0.3) is 5.91 Å². The van der Waals surface area contributed by atoms with Crippen LogP contribution in [0.1, 0.15) is 60.7 Å². The summed E-state index contributed by atoms with van der Waals surface area (Å²) in [5, 5.41) is 11.0. The molecule has 1 atom stereocenters. The molecule has 5 rings (SSSR count). The summed E-state index contributed by atoms with van der Waals surface area (Å²) in [6.07, 6.45) is 4.14. The van der Waals surface area contributed by atoms with Gasteiger partial charge < -0.3 is 19.3 Å². The first-order valence-corrected chi connectivity index (χ1v) is 11.6. The highest BCUT2D eigenvalue weighted by molar-refractivity contribution is 6.29. The number of nitrogens with one attached hydrogen (secondary N) is 2. The molecule has 0 bridgehead atoms. The van der Waals surface area contributed by atoms with E-state index >= 15 is 0 Å². The molecule has 9 nitrogen and oxygen atoms in total. The molecule has 2 aromatic rings. The van der Waals surface area contributed by atoms with Gasteiger partial charge in [0.2, 0.25) is 5.76 Å². The monoisotopic (exact) mass is 472 g/mol. The predicted molar refractivity (Wildman–Crippen MR) is 120 cm³/mol. The summed E-state index contributed by atoms with van der Waals surface area (Å²) in [6.45, 7) is 2.61. The van der Waals surface area contributed by atoms with Crippen molar-refractivity contribution in [1.82, 2.24) is 15.9 Å². The highest BCUT2D eigenvalue weighted by atomic mass is 35.5. The van der Waals surface area contributed by atoms with E-state index in [9.17, 15) is 9.59 Å². The van der Waals surface area contributed by atoms with Crippen LogP contribution in [0.5, 0.6) is 5.75 Å². The first-order valence-electron chi connectivity index (χ1n) is 11.2. The summed E-state index contributed by atoms with van der Waals surface area (Å²) in [4.78, 5) is 24.4. The fourth-order valence-corrected chi connectivity index (χ4v) is 5.23. The van der Waals surface area contributed by atoms with E-state index in [4.69, 9.17) is 25.6 Å². The van der Waals surface area contributed by atoms with Crippen molar-refractivity contribution in [3.8, 4) is 5.75 Å². The number of halogens is 1. The lowest BCUT2D eigenvalue weighted by molar-refractivity contribution is 0.0153. The second kappa shape index (κ2) is 8.70. The van der Waals surface area contributed by atoms with E-state index in [1.165, 1.54) is 6.07 Å². The Morgan fingerprint density at radius 2 is 2.18 bits per heavy atom. The lowest BCUT2D eigenvalue weighted by atomic mass is 9.72. The molecule has 1 aliphatic carbocycles. The van der Waals surface area contributed by atoms with Crippen LogP contribution in [0.15, 0.2) is 33.9 Å². The Morgan fingerprint density at radius 1 is 1.36 bits per heavy atom. The molecule has 0 saturated heterocycles. The van der Waals surface area contributed by atoms with Crippen LogP contribution in [0.2, 0.25) is 5.15 Å². The number of amides is 2. The van der Waals surface area contributed by atoms with E-state index in [0.29, 0.717) is 25.4 Å². The van der Waals surface area contributed by atoms with Gasteiger partial charge in [-0.1, -0.05) is 28.9 Å². The summed E-state index contributed by atoms with van der Waals surface area (Å²) in [5.41, 5.74) is 4.46. The maximum Gasteiger partial charge on any atom is 0.428 e. The minimum absolute atomic E-state index is 0.0603. The van der Waals surface area contributed by atoms with Crippen LogP contribution in [0.25, 0.3) is 0 Å². The Hall–Kier alpha value is -3.07. The van der Waals surface area contributed by atoms with Crippen molar-refractivity contribution in [1.29, 1.82) is 0 Å². The van der Waals surface area contributed by atoms with E-state index in [2.05, 4.69) is 27.1 Å². The SMILES string of the molecule is C[C@@H](CC1CCC2(CC1)OC(=O)NN=C2c1cccc2c1OCC2)NC(=O)c1cc(Cl)no1. The largest absolute Gasteiger partial charge is 0.492 e. The van der Waals surface area contributed by atoms with E-state index in [1.54, 1.807) is 0 Å². The van der Waals surface area contributed by atoms with Gasteiger partial charge in [0, 0.05) is 24.1 Å². The highest BCUT2D eigenvalue weighted by Gasteiger charge is 2.47. The number of para-hydroxylation sites is 1. The minimum Gasteiger partial charge on any atom is -0.492 e. The van der Waals surface area contributed by atoms with Gasteiger partial charge in [-0.3, -0.25) is 4.79 Å². The topological polar surface area (TPSA) is 115 Å². The molecule has 1 saturated carbocycles. The van der Waals surface area contributed by atoms with Gasteiger partial charge in [-0.15, -0.1) is 0 Å². The van der Waals surface area contributed by atoms with Gasteiger partial charge in [-0.25, -0.2) is 10.2 Å². The fraction of sp³-hybridized carbons (Fsp3) is 0.478. The van der Waals surface area contributed by atoms with Crippen LogP contribution < -0.4 is 15.5 Å². The molecule has 10 heteroatoms. The molecule has 174 valence electrons. The zero-order valence-electron chi connectivity index (χ0n) is 18.2. The lowest BCUT2D eigenvalue weighted by Gasteiger charge is -2.42. The number of nitrogens with zero attached hydrogens (tertiary/aromatic N) is 2. The van der Waals surface area contributed by atoms with Crippen molar-refractivity contribution in [2.24, 2.45) is 11.0 Å². The number of rotatable bonds is 5. The Bertz CT molecular complexity index is 1110. The first-order chi connectivity index (χ1) is 15.9. The Balaban J connectivity index is 1.26. The maximum absolute atomic E-state index is 12.3. The average Bonchev–Trinajstić information content (AvgIpc) is 3.44. The fourth-order valence-electron chi connectivity index (χ4n) is 5.09. The number of fused-ring (bicyclic) bond motifs is 1. The molecule has 1 fully saturated rings. The van der Waals surface area contributed by atoms with Crippen LogP contribution in [-0.4, -0.2) is 41.1 Å². The molecule has 1 aromatic carbocycles. The smallest absolute Gasteiger partial charge is 0.428 e. The quantitative estimate of drug-likeness (QED) is 0.683. The zero-order chi connectivity index (χ0) is 23.0. The summed E-state index contributed by atoms with van der Waals surface area (Å²) in [7, 11) is 0. The molecule has 33 heavy (non-hydrogen) atoms.